The zero-order valence-corrected chi connectivity index (χ0v) is 35.5. The van der Waals surface area contributed by atoms with Gasteiger partial charge in [0.15, 0.2) is 20.2 Å². The predicted octanol–water partition coefficient (Wildman–Crippen LogP) is 8.39. The summed E-state index contributed by atoms with van der Waals surface area (Å²) in [5.41, 5.74) is -1.27. The minimum absolute atomic E-state index is 0.116. The molecule has 12 heteroatoms. The lowest BCUT2D eigenvalue weighted by molar-refractivity contribution is -0.342. The van der Waals surface area contributed by atoms with Crippen LogP contribution in [0.5, 0.6) is 0 Å². The number of rotatable bonds is 12. The molecule has 6 rings (SSSR count). The van der Waals surface area contributed by atoms with E-state index < -0.39 is 88.1 Å². The molecule has 2 saturated heterocycles. The van der Waals surface area contributed by atoms with E-state index in [2.05, 4.69) is 68.1 Å². The molecule has 0 aromatic heterocycles. The van der Waals surface area contributed by atoms with Crippen LogP contribution in [0.3, 0.4) is 0 Å². The Morgan fingerprint density at radius 1 is 1.04 bits per heavy atom. The van der Waals surface area contributed by atoms with Gasteiger partial charge in [-0.1, -0.05) is 66.3 Å². The summed E-state index contributed by atoms with van der Waals surface area (Å²) in [5, 5.41) is 0. The zero-order valence-electron chi connectivity index (χ0n) is 33.5. The van der Waals surface area contributed by atoms with Gasteiger partial charge in [0.25, 0.3) is 0 Å². The third-order valence-electron chi connectivity index (χ3n) is 13.6. The molecule has 2 heterocycles. The molecule has 2 aliphatic heterocycles. The summed E-state index contributed by atoms with van der Waals surface area (Å²) in [6.07, 6.45) is -0.790. The van der Waals surface area contributed by atoms with E-state index in [0.717, 1.165) is 29.3 Å². The molecule has 1 aromatic rings. The van der Waals surface area contributed by atoms with Crippen LogP contribution in [-0.2, 0) is 37.3 Å². The van der Waals surface area contributed by atoms with E-state index in [1.54, 1.807) is 25.1 Å². The quantitative estimate of drug-likeness (QED) is 0.117. The van der Waals surface area contributed by atoms with E-state index in [9.17, 15) is 9.59 Å². The first-order valence-corrected chi connectivity index (χ1v) is 24.6. The monoisotopic (exact) mass is 769 g/mol. The minimum atomic E-state index is -2.20. The molecule has 10 atom stereocenters. The number of esters is 1. The highest BCUT2D eigenvalue weighted by Gasteiger charge is 2.77. The molecule has 1 unspecified atom stereocenters. The molecule has 293 valence electrons. The SMILES string of the molecule is C=CC1O[C@@H]2C3=C(C)[C@@H](O[Si](CC)(CC)CC)C[C@@](O[Si](C)C)([C@@H](OC(=O)c4ccccc4)[C@H]4[C@@](C)(CC[C@H]5OC[C@]54OC(=O)OCC)[C@@H]2O1)C3(C)C. The van der Waals surface area contributed by atoms with Crippen molar-refractivity contribution in [3.05, 3.63) is 59.7 Å². The number of benzene rings is 1. The van der Waals surface area contributed by atoms with Crippen LogP contribution in [0.4, 0.5) is 4.79 Å². The maximum absolute atomic E-state index is 14.6. The fourth-order valence-corrected chi connectivity index (χ4v) is 14.7. The Hall–Kier alpha value is -2.33. The second kappa shape index (κ2) is 15.0. The normalized spacial score (nSPS) is 37.3. The molecule has 5 aliphatic rings. The van der Waals surface area contributed by atoms with Gasteiger partial charge >= 0.3 is 12.1 Å². The van der Waals surface area contributed by atoms with E-state index in [1.807, 2.05) is 18.2 Å². The summed E-state index contributed by atoms with van der Waals surface area (Å²) in [6.45, 7) is 25.8. The Morgan fingerprint density at radius 3 is 2.28 bits per heavy atom. The van der Waals surface area contributed by atoms with Crippen LogP contribution in [0.25, 0.3) is 0 Å². The van der Waals surface area contributed by atoms with Crippen LogP contribution in [0.2, 0.25) is 31.2 Å². The molecule has 2 saturated carbocycles. The lowest BCUT2D eigenvalue weighted by Gasteiger charge is -2.69. The van der Waals surface area contributed by atoms with Crippen molar-refractivity contribution in [3.63, 3.8) is 0 Å². The molecule has 1 aromatic carbocycles. The van der Waals surface area contributed by atoms with Crippen LogP contribution < -0.4 is 0 Å². The van der Waals surface area contributed by atoms with Crippen molar-refractivity contribution in [2.45, 2.75) is 154 Å². The Kier molecular flexibility index (Phi) is 11.4. The Bertz CT molecular complexity index is 1550. The first-order chi connectivity index (χ1) is 25.1. The van der Waals surface area contributed by atoms with Gasteiger partial charge < -0.3 is 37.3 Å². The number of fused-ring (bicyclic) bond motifs is 8. The molecule has 53 heavy (non-hydrogen) atoms. The van der Waals surface area contributed by atoms with Crippen LogP contribution in [0.15, 0.2) is 54.1 Å². The molecular formula is C41H61O10Si2. The van der Waals surface area contributed by atoms with Gasteiger partial charge in [-0.2, -0.15) is 0 Å². The largest absolute Gasteiger partial charge is 0.509 e. The van der Waals surface area contributed by atoms with Crippen molar-refractivity contribution in [2.75, 3.05) is 13.2 Å². The maximum atomic E-state index is 14.6. The van der Waals surface area contributed by atoms with Crippen LogP contribution >= 0.6 is 0 Å². The molecular weight excluding hydrogens is 709 g/mol. The van der Waals surface area contributed by atoms with Crippen molar-refractivity contribution in [3.8, 4) is 0 Å². The number of ether oxygens (including phenoxy) is 6. The molecule has 3 aliphatic carbocycles. The average Bonchev–Trinajstić information content (AvgIpc) is 3.55. The van der Waals surface area contributed by atoms with Gasteiger partial charge in [0.2, 0.25) is 9.04 Å². The second-order valence-electron chi connectivity index (χ2n) is 16.6. The first-order valence-electron chi connectivity index (χ1n) is 19.7. The number of hydrogen-bond acceptors (Lipinski definition) is 10. The van der Waals surface area contributed by atoms with E-state index in [-0.39, 0.29) is 19.3 Å². The molecule has 0 N–H and O–H groups in total. The topological polar surface area (TPSA) is 108 Å². The van der Waals surface area contributed by atoms with Crippen molar-refractivity contribution in [1.29, 1.82) is 0 Å². The smallest absolute Gasteiger partial charge is 0.455 e. The summed E-state index contributed by atoms with van der Waals surface area (Å²) < 4.78 is 54.2. The van der Waals surface area contributed by atoms with Crippen molar-refractivity contribution in [1.82, 2.24) is 0 Å². The maximum Gasteiger partial charge on any atom is 0.509 e. The average molecular weight is 770 g/mol. The van der Waals surface area contributed by atoms with Gasteiger partial charge in [0.05, 0.1) is 36.9 Å². The lowest BCUT2D eigenvalue weighted by Crippen LogP contribution is -2.80. The Labute approximate surface area is 319 Å². The van der Waals surface area contributed by atoms with E-state index in [1.165, 1.54) is 0 Å². The van der Waals surface area contributed by atoms with Crippen LogP contribution in [-0.4, -0.2) is 90.7 Å². The van der Waals surface area contributed by atoms with E-state index >= 15 is 0 Å². The standard InChI is InChI=1S/C41H61O10Si2/c1-12-30-46-32-31-26(6)28(50-53(14-3,15-4)16-5)24-41(38(31,7)8,51-52(10)11)35(48-36(42)27-20-18-17-19-21-27)33-39(9,34(32)47-30)23-22-29-40(33,25-45-29)49-37(43)44-13-2/h12,17-21,28-30,32-35H,1,13-16,22-25H2,2-11H3/t28-,29+,30?,32+,33-,34+,35-,39+,40-,41+/m0/s1. The van der Waals surface area contributed by atoms with Crippen molar-refractivity contribution < 1.29 is 46.9 Å². The first kappa shape index (κ1) is 40.3. The van der Waals surface area contributed by atoms with Gasteiger partial charge in [-0.05, 0) is 87.3 Å². The fraction of sp³-hybridized carbons (Fsp3) is 0.707. The summed E-state index contributed by atoms with van der Waals surface area (Å²) >= 11 is 0. The number of hydrogen-bond donors (Lipinski definition) is 0. The summed E-state index contributed by atoms with van der Waals surface area (Å²) in [6, 6.07) is 12.0. The highest BCUT2D eigenvalue weighted by molar-refractivity contribution is 6.73. The van der Waals surface area contributed by atoms with E-state index in [0.29, 0.717) is 24.8 Å². The molecule has 0 amide bonds. The predicted molar refractivity (Wildman–Crippen MR) is 205 cm³/mol. The zero-order chi connectivity index (χ0) is 38.6. The summed E-state index contributed by atoms with van der Waals surface area (Å²) in [5.74, 6) is -1.12. The minimum Gasteiger partial charge on any atom is -0.455 e. The molecule has 0 spiro atoms. The van der Waals surface area contributed by atoms with Crippen molar-refractivity contribution in [2.24, 2.45) is 16.7 Å². The lowest BCUT2D eigenvalue weighted by atomic mass is 9.45. The third-order valence-corrected chi connectivity index (χ3v) is 19.0. The fourth-order valence-electron chi connectivity index (χ4n) is 10.7. The molecule has 2 bridgehead atoms. The van der Waals surface area contributed by atoms with Crippen molar-refractivity contribution >= 4 is 29.5 Å². The summed E-state index contributed by atoms with van der Waals surface area (Å²) in [7, 11) is -3.68. The van der Waals surface area contributed by atoms with E-state index in [4.69, 9.17) is 37.3 Å². The Balaban J connectivity index is 1.69. The van der Waals surface area contributed by atoms with Gasteiger partial charge in [-0.15, -0.1) is 0 Å². The number of carbonyl (C=O) groups excluding carboxylic acids is 2. The molecule has 10 nitrogen and oxygen atoms in total. The highest BCUT2D eigenvalue weighted by atomic mass is 28.4. The molecule has 1 radical (unpaired) electrons. The third kappa shape index (κ3) is 6.41. The van der Waals surface area contributed by atoms with Gasteiger partial charge in [0.1, 0.15) is 23.9 Å². The highest BCUT2D eigenvalue weighted by Crippen LogP contribution is 2.67. The van der Waals surface area contributed by atoms with Crippen LogP contribution in [0.1, 0.15) is 85.0 Å². The second-order valence-corrected chi connectivity index (χ2v) is 23.4. The number of carbonyl (C=O) groups is 2. The van der Waals surface area contributed by atoms with Gasteiger partial charge in [0, 0.05) is 17.3 Å². The molecule has 4 fully saturated rings. The van der Waals surface area contributed by atoms with Crippen LogP contribution in [0, 0.1) is 16.7 Å². The summed E-state index contributed by atoms with van der Waals surface area (Å²) in [4.78, 5) is 28.2. The van der Waals surface area contributed by atoms with Gasteiger partial charge in [-0.25, -0.2) is 9.59 Å². The Morgan fingerprint density at radius 2 is 1.72 bits per heavy atom. The van der Waals surface area contributed by atoms with Gasteiger partial charge in [-0.3, -0.25) is 0 Å².